The summed E-state index contributed by atoms with van der Waals surface area (Å²) in [5, 5.41) is 0. The maximum absolute atomic E-state index is 12.9. The van der Waals surface area contributed by atoms with Crippen LogP contribution in [0.4, 0.5) is 0 Å². The van der Waals surface area contributed by atoms with Crippen LogP contribution < -0.4 is 0 Å². The smallest absolute Gasteiger partial charge is 0.361 e. The Bertz CT molecular complexity index is 1010. The Balaban J connectivity index is 1.78. The number of fused-ring (bicyclic) bond motifs is 2. The molecule has 4 aliphatic rings. The average molecular weight is 322 g/mol. The lowest BCUT2D eigenvalue weighted by Gasteiger charge is -1.91. The molecular weight excluding hydrogens is 308 g/mol. The Morgan fingerprint density at radius 1 is 0.640 bits per heavy atom. The van der Waals surface area contributed by atoms with Crippen LogP contribution in [0, 0.1) is 0 Å². The molecule has 25 heavy (non-hydrogen) atoms. The summed E-state index contributed by atoms with van der Waals surface area (Å²) in [5.41, 5.74) is 14.6. The van der Waals surface area contributed by atoms with E-state index in [0.29, 0.717) is 11.1 Å². The van der Waals surface area contributed by atoms with Crippen molar-refractivity contribution < 1.29 is 9.58 Å². The van der Waals surface area contributed by atoms with E-state index in [0.717, 1.165) is 22.3 Å². The lowest BCUT2D eigenvalue weighted by molar-refractivity contribution is -0.00494. The van der Waals surface area contributed by atoms with Gasteiger partial charge in [0.1, 0.15) is 0 Å². The molecule has 0 saturated heterocycles. The second-order valence-corrected chi connectivity index (χ2v) is 5.91. The number of hydrogen-bond acceptors (Lipinski definition) is 1. The van der Waals surface area contributed by atoms with E-state index >= 15 is 0 Å². The predicted molar refractivity (Wildman–Crippen MR) is 98.2 cm³/mol. The van der Waals surface area contributed by atoms with Crippen LogP contribution in [0.3, 0.4) is 0 Å². The summed E-state index contributed by atoms with van der Waals surface area (Å²) < 4.78 is 0. The summed E-state index contributed by atoms with van der Waals surface area (Å²) in [5.74, 6) is -0.291. The molecule has 0 spiro atoms. The third-order valence-corrected chi connectivity index (χ3v) is 4.31. The molecule has 4 aliphatic carbocycles. The first kappa shape index (κ1) is 15.0. The summed E-state index contributed by atoms with van der Waals surface area (Å²) in [6.45, 7) is 0. The molecule has 0 heterocycles. The molecule has 0 aromatic heterocycles. The van der Waals surface area contributed by atoms with Crippen molar-refractivity contribution in [2.24, 2.45) is 0 Å². The van der Waals surface area contributed by atoms with Gasteiger partial charge in [-0.2, -0.15) is 4.79 Å². The minimum absolute atomic E-state index is 0.0542. The van der Waals surface area contributed by atoms with E-state index in [9.17, 15) is 10.3 Å². The van der Waals surface area contributed by atoms with Crippen LogP contribution >= 0.6 is 0 Å². The van der Waals surface area contributed by atoms with Gasteiger partial charge in [0.15, 0.2) is 0 Å². The molecule has 3 heteroatoms. The zero-order chi connectivity index (χ0) is 17.2. The third kappa shape index (κ3) is 2.74. The van der Waals surface area contributed by atoms with Crippen molar-refractivity contribution in [1.82, 2.24) is 0 Å². The molecule has 3 nitrogen and oxygen atoms in total. The van der Waals surface area contributed by atoms with Crippen LogP contribution in [-0.4, -0.2) is 16.3 Å². The van der Waals surface area contributed by atoms with E-state index in [4.69, 9.17) is 0 Å². The standard InChI is InChI=1S/C22H14N2O/c23-24-21(19-11-15-7-3-1-4-8-16(15)12-19)22(25)20-13-17-9-5-2-6-10-18(17)14-20/h1-14H. The van der Waals surface area contributed by atoms with Gasteiger partial charge in [-0.05, 0) is 46.5 Å². The topological polar surface area (TPSA) is 53.5 Å². The molecule has 0 amide bonds. The average Bonchev–Trinajstić information content (AvgIpc) is 3.05. The fraction of sp³-hybridized carbons (Fsp3) is 0. The maximum atomic E-state index is 12.9. The van der Waals surface area contributed by atoms with Gasteiger partial charge >= 0.3 is 5.71 Å². The summed E-state index contributed by atoms with van der Waals surface area (Å²) in [7, 11) is 0. The highest BCUT2D eigenvalue weighted by molar-refractivity contribution is 6.50. The summed E-state index contributed by atoms with van der Waals surface area (Å²) in [6.07, 6.45) is 0. The van der Waals surface area contributed by atoms with E-state index in [-0.39, 0.29) is 11.5 Å². The van der Waals surface area contributed by atoms with E-state index in [1.807, 2.05) is 84.9 Å². The molecule has 0 aromatic rings. The fourth-order valence-corrected chi connectivity index (χ4v) is 3.07. The Morgan fingerprint density at radius 2 is 1.04 bits per heavy atom. The number of carbonyl (C=O) groups excluding carboxylic acids is 1. The van der Waals surface area contributed by atoms with Gasteiger partial charge in [-0.25, -0.2) is 0 Å². The molecule has 0 saturated carbocycles. The van der Waals surface area contributed by atoms with Crippen molar-refractivity contribution in [1.29, 1.82) is 0 Å². The van der Waals surface area contributed by atoms with Crippen LogP contribution in [0.2, 0.25) is 0 Å². The van der Waals surface area contributed by atoms with E-state index in [1.54, 1.807) is 0 Å². The Kier molecular flexibility index (Phi) is 3.70. The first-order valence-electron chi connectivity index (χ1n) is 8.01. The number of rotatable bonds is 3. The Labute approximate surface area is 145 Å². The quantitative estimate of drug-likeness (QED) is 0.231. The molecule has 0 radical (unpaired) electrons. The summed E-state index contributed by atoms with van der Waals surface area (Å²) in [6, 6.07) is 26.9. The van der Waals surface area contributed by atoms with Crippen molar-refractivity contribution in [3.05, 3.63) is 102 Å². The maximum Gasteiger partial charge on any atom is 0.369 e. The minimum Gasteiger partial charge on any atom is -0.361 e. The lowest BCUT2D eigenvalue weighted by atomic mass is 10.1. The van der Waals surface area contributed by atoms with Gasteiger partial charge in [-0.3, -0.25) is 4.79 Å². The van der Waals surface area contributed by atoms with Crippen LogP contribution in [0.25, 0.3) is 27.8 Å². The molecule has 0 bridgehead atoms. The van der Waals surface area contributed by atoms with Gasteiger partial charge in [0.2, 0.25) is 0 Å². The van der Waals surface area contributed by atoms with Crippen molar-refractivity contribution >= 4 is 11.5 Å². The van der Waals surface area contributed by atoms with E-state index in [1.165, 1.54) is 0 Å². The van der Waals surface area contributed by atoms with Crippen molar-refractivity contribution in [3.8, 4) is 22.3 Å². The normalized spacial score (nSPS) is 10.6. The van der Waals surface area contributed by atoms with E-state index in [2.05, 4.69) is 4.79 Å². The molecule has 4 rings (SSSR count). The fourth-order valence-electron chi connectivity index (χ4n) is 3.07. The van der Waals surface area contributed by atoms with Crippen molar-refractivity contribution in [2.45, 2.75) is 0 Å². The summed E-state index contributed by atoms with van der Waals surface area (Å²) >= 11 is 0. The van der Waals surface area contributed by atoms with Gasteiger partial charge < -0.3 is 5.53 Å². The molecule has 0 unspecified atom stereocenters. The molecular formula is C22H14N2O. The van der Waals surface area contributed by atoms with Gasteiger partial charge in [0.05, 0.1) is 5.56 Å². The van der Waals surface area contributed by atoms with Crippen molar-refractivity contribution in [2.75, 3.05) is 0 Å². The number of hydrogen-bond donors (Lipinski definition) is 0. The van der Waals surface area contributed by atoms with Crippen LogP contribution in [0.5, 0.6) is 0 Å². The van der Waals surface area contributed by atoms with Gasteiger partial charge in [-0.15, -0.1) is 0 Å². The second kappa shape index (κ2) is 6.16. The Hall–Kier alpha value is -3.55. The monoisotopic (exact) mass is 322 g/mol. The molecule has 0 fully saturated rings. The third-order valence-electron chi connectivity index (χ3n) is 4.31. The highest BCUT2D eigenvalue weighted by atomic mass is 16.1. The highest BCUT2D eigenvalue weighted by Gasteiger charge is 2.27. The molecule has 118 valence electrons. The largest absolute Gasteiger partial charge is 0.369 e. The first-order valence-corrected chi connectivity index (χ1v) is 8.01. The Morgan fingerprint density at radius 3 is 1.44 bits per heavy atom. The van der Waals surface area contributed by atoms with Crippen LogP contribution in [0.1, 0.15) is 15.9 Å². The summed E-state index contributed by atoms with van der Waals surface area (Å²) in [4.78, 5) is 16.2. The number of ketones is 1. The first-order chi connectivity index (χ1) is 12.3. The number of nitrogens with zero attached hydrogens (tertiary/aromatic N) is 2. The van der Waals surface area contributed by atoms with Crippen LogP contribution in [-0.2, 0) is 0 Å². The van der Waals surface area contributed by atoms with Gasteiger partial charge in [-0.1, -0.05) is 60.7 Å². The molecule has 0 atom stereocenters. The van der Waals surface area contributed by atoms with Crippen molar-refractivity contribution in [3.63, 3.8) is 0 Å². The molecule has 0 aromatic carbocycles. The SMILES string of the molecule is [N-]=[N+]=C(C(=O)c1cc2cccccc-2c1)c1cc2cccccc-2c1. The highest BCUT2D eigenvalue weighted by Crippen LogP contribution is 2.28. The van der Waals surface area contributed by atoms with Gasteiger partial charge in [0, 0.05) is 5.56 Å². The number of carbonyl (C=O) groups is 1. The van der Waals surface area contributed by atoms with Crippen LogP contribution in [0.15, 0.2) is 84.9 Å². The van der Waals surface area contributed by atoms with E-state index < -0.39 is 0 Å². The zero-order valence-corrected chi connectivity index (χ0v) is 13.4. The molecule has 0 aliphatic heterocycles. The zero-order valence-electron chi connectivity index (χ0n) is 13.4. The lowest BCUT2D eigenvalue weighted by Crippen LogP contribution is -2.15. The molecule has 0 N–H and O–H groups in total. The number of Topliss-reactive ketones (excluding diaryl/α,β-unsaturated/α-hetero) is 1. The van der Waals surface area contributed by atoms with Gasteiger partial charge in [0.25, 0.3) is 5.78 Å². The predicted octanol–water partition coefficient (Wildman–Crippen LogP) is 4.80. The minimum atomic E-state index is -0.291. The second-order valence-electron chi connectivity index (χ2n) is 5.91.